The fraction of sp³-hybridized carbons (Fsp3) is 0.222. The summed E-state index contributed by atoms with van der Waals surface area (Å²) < 4.78 is 29.9. The SMILES string of the molecule is Cc1cc(N(C)S(=O)(=O)c2sccc2O)no1. The third kappa shape index (κ3) is 2.01. The van der Waals surface area contributed by atoms with Crippen LogP contribution in [0.4, 0.5) is 5.82 Å². The van der Waals surface area contributed by atoms with E-state index in [1.165, 1.54) is 24.6 Å². The number of rotatable bonds is 3. The zero-order valence-corrected chi connectivity index (χ0v) is 10.7. The summed E-state index contributed by atoms with van der Waals surface area (Å²) in [4.78, 5) is 0. The van der Waals surface area contributed by atoms with Crippen molar-refractivity contribution in [2.24, 2.45) is 0 Å². The first-order valence-corrected chi connectivity index (χ1v) is 6.93. The summed E-state index contributed by atoms with van der Waals surface area (Å²) in [6, 6.07) is 2.83. The van der Waals surface area contributed by atoms with Gasteiger partial charge in [0.25, 0.3) is 10.0 Å². The summed E-state index contributed by atoms with van der Waals surface area (Å²) in [5.41, 5.74) is 0. The Kier molecular flexibility index (Phi) is 2.84. The quantitative estimate of drug-likeness (QED) is 0.918. The van der Waals surface area contributed by atoms with Gasteiger partial charge in [-0.2, -0.15) is 8.42 Å². The van der Waals surface area contributed by atoms with Crippen molar-refractivity contribution in [1.29, 1.82) is 0 Å². The second-order valence-corrected chi connectivity index (χ2v) is 6.44. The fourth-order valence-electron chi connectivity index (χ4n) is 1.23. The molecule has 0 atom stereocenters. The van der Waals surface area contributed by atoms with E-state index < -0.39 is 10.0 Å². The molecule has 0 aliphatic heterocycles. The highest BCUT2D eigenvalue weighted by Gasteiger charge is 2.27. The maximum atomic E-state index is 12.1. The smallest absolute Gasteiger partial charge is 0.278 e. The molecule has 0 fully saturated rings. The minimum absolute atomic E-state index is 0.111. The third-order valence-corrected chi connectivity index (χ3v) is 5.34. The highest BCUT2D eigenvalue weighted by atomic mass is 32.2. The molecule has 2 heterocycles. The molecule has 0 saturated carbocycles. The summed E-state index contributed by atoms with van der Waals surface area (Å²) in [5, 5.41) is 14.6. The topological polar surface area (TPSA) is 83.6 Å². The third-order valence-electron chi connectivity index (χ3n) is 2.14. The lowest BCUT2D eigenvalue weighted by Gasteiger charge is -2.14. The van der Waals surface area contributed by atoms with Crippen LogP contribution in [0.25, 0.3) is 0 Å². The van der Waals surface area contributed by atoms with E-state index in [9.17, 15) is 13.5 Å². The van der Waals surface area contributed by atoms with Crippen molar-refractivity contribution >= 4 is 27.2 Å². The summed E-state index contributed by atoms with van der Waals surface area (Å²) >= 11 is 0.948. The van der Waals surface area contributed by atoms with Crippen molar-refractivity contribution in [3.05, 3.63) is 23.3 Å². The van der Waals surface area contributed by atoms with E-state index in [-0.39, 0.29) is 15.8 Å². The Balaban J connectivity index is 2.44. The number of hydrogen-bond donors (Lipinski definition) is 1. The highest BCUT2D eigenvalue weighted by Crippen LogP contribution is 2.32. The van der Waals surface area contributed by atoms with E-state index in [2.05, 4.69) is 5.16 Å². The second-order valence-electron chi connectivity index (χ2n) is 3.36. The molecule has 2 aromatic rings. The van der Waals surface area contributed by atoms with E-state index in [1.807, 2.05) is 0 Å². The van der Waals surface area contributed by atoms with Crippen LogP contribution in [0.3, 0.4) is 0 Å². The first kappa shape index (κ1) is 11.9. The minimum atomic E-state index is -3.79. The Morgan fingerprint density at radius 2 is 2.24 bits per heavy atom. The Morgan fingerprint density at radius 1 is 1.53 bits per heavy atom. The van der Waals surface area contributed by atoms with Crippen LogP contribution in [0.15, 0.2) is 26.2 Å². The van der Waals surface area contributed by atoms with Crippen molar-refractivity contribution in [3.8, 4) is 5.75 Å². The number of nitrogens with zero attached hydrogens (tertiary/aromatic N) is 2. The molecule has 6 nitrogen and oxygen atoms in total. The van der Waals surface area contributed by atoms with Gasteiger partial charge < -0.3 is 9.63 Å². The average Bonchev–Trinajstić information content (AvgIpc) is 2.86. The van der Waals surface area contributed by atoms with Crippen molar-refractivity contribution in [2.45, 2.75) is 11.1 Å². The highest BCUT2D eigenvalue weighted by molar-refractivity contribution is 7.94. The second kappa shape index (κ2) is 4.04. The predicted molar refractivity (Wildman–Crippen MR) is 62.8 cm³/mol. The molecule has 2 rings (SSSR count). The van der Waals surface area contributed by atoms with Gasteiger partial charge in [-0.15, -0.1) is 11.3 Å². The Labute approximate surface area is 102 Å². The number of aryl methyl sites for hydroxylation is 1. The van der Waals surface area contributed by atoms with Crippen LogP contribution in [0.5, 0.6) is 5.75 Å². The molecule has 17 heavy (non-hydrogen) atoms. The predicted octanol–water partition coefficient (Wildman–Crippen LogP) is 1.58. The van der Waals surface area contributed by atoms with Crippen molar-refractivity contribution < 1.29 is 18.0 Å². The number of hydrogen-bond acceptors (Lipinski definition) is 6. The summed E-state index contributed by atoms with van der Waals surface area (Å²) in [6.45, 7) is 1.67. The zero-order chi connectivity index (χ0) is 12.6. The minimum Gasteiger partial charge on any atom is -0.506 e. The van der Waals surface area contributed by atoms with E-state index in [1.54, 1.807) is 6.92 Å². The molecule has 2 aromatic heterocycles. The molecule has 1 N–H and O–H groups in total. The molecule has 0 aliphatic carbocycles. The zero-order valence-electron chi connectivity index (χ0n) is 9.11. The van der Waals surface area contributed by atoms with E-state index in [0.717, 1.165) is 15.6 Å². The Hall–Kier alpha value is -1.54. The largest absolute Gasteiger partial charge is 0.506 e. The molecule has 8 heteroatoms. The van der Waals surface area contributed by atoms with Gasteiger partial charge in [-0.05, 0) is 18.4 Å². The molecular weight excluding hydrogens is 264 g/mol. The van der Waals surface area contributed by atoms with E-state index in [4.69, 9.17) is 4.52 Å². The van der Waals surface area contributed by atoms with Crippen molar-refractivity contribution in [2.75, 3.05) is 11.4 Å². The first-order valence-electron chi connectivity index (χ1n) is 4.61. The number of aromatic hydroxyl groups is 1. The van der Waals surface area contributed by atoms with Gasteiger partial charge in [0.2, 0.25) is 0 Å². The summed E-state index contributed by atoms with van der Waals surface area (Å²) in [7, 11) is -2.43. The van der Waals surface area contributed by atoms with Crippen LogP contribution in [-0.2, 0) is 10.0 Å². The molecule has 0 aliphatic rings. The van der Waals surface area contributed by atoms with E-state index >= 15 is 0 Å². The number of thiophene rings is 1. The molecule has 0 spiro atoms. The van der Waals surface area contributed by atoms with Crippen LogP contribution >= 0.6 is 11.3 Å². The molecule has 0 unspecified atom stereocenters. The molecular formula is C9H10N2O4S2. The van der Waals surface area contributed by atoms with Crippen LogP contribution in [0.1, 0.15) is 5.76 Å². The van der Waals surface area contributed by atoms with Crippen LogP contribution in [-0.4, -0.2) is 25.7 Å². The van der Waals surface area contributed by atoms with Gasteiger partial charge in [0.15, 0.2) is 10.0 Å². The van der Waals surface area contributed by atoms with Gasteiger partial charge in [0.1, 0.15) is 11.5 Å². The van der Waals surface area contributed by atoms with Crippen molar-refractivity contribution in [1.82, 2.24) is 5.16 Å². The molecule has 0 saturated heterocycles. The summed E-state index contributed by atoms with van der Waals surface area (Å²) in [5.74, 6) is 0.426. The normalized spacial score (nSPS) is 11.6. The fourth-order valence-corrected chi connectivity index (χ4v) is 3.64. The molecule has 0 amide bonds. The average molecular weight is 274 g/mol. The standard InChI is InChI=1S/C9H10N2O4S2/c1-6-5-8(10-15-6)11(2)17(13,14)9-7(12)3-4-16-9/h3-5,12H,1-2H3. The molecule has 0 aromatic carbocycles. The lowest BCUT2D eigenvalue weighted by molar-refractivity contribution is 0.399. The molecule has 92 valence electrons. The number of aromatic nitrogens is 1. The lowest BCUT2D eigenvalue weighted by atomic mass is 10.5. The van der Waals surface area contributed by atoms with Gasteiger partial charge in [0, 0.05) is 13.1 Å². The Bertz CT molecular complexity index is 629. The molecule has 0 bridgehead atoms. The Morgan fingerprint density at radius 3 is 2.71 bits per heavy atom. The van der Waals surface area contributed by atoms with Gasteiger partial charge in [-0.3, -0.25) is 0 Å². The van der Waals surface area contributed by atoms with Gasteiger partial charge in [0.05, 0.1) is 0 Å². The maximum absolute atomic E-state index is 12.1. The van der Waals surface area contributed by atoms with Crippen LogP contribution < -0.4 is 4.31 Å². The first-order chi connectivity index (χ1) is 7.93. The number of anilines is 1. The van der Waals surface area contributed by atoms with E-state index in [0.29, 0.717) is 5.76 Å². The lowest BCUT2D eigenvalue weighted by Crippen LogP contribution is -2.26. The van der Waals surface area contributed by atoms with Crippen LogP contribution in [0.2, 0.25) is 0 Å². The van der Waals surface area contributed by atoms with Gasteiger partial charge in [-0.1, -0.05) is 5.16 Å². The maximum Gasteiger partial charge on any atom is 0.278 e. The van der Waals surface area contributed by atoms with Crippen LogP contribution in [0, 0.1) is 6.92 Å². The summed E-state index contributed by atoms with van der Waals surface area (Å²) in [6.07, 6.45) is 0. The monoisotopic (exact) mass is 274 g/mol. The number of sulfonamides is 1. The van der Waals surface area contributed by atoms with Crippen molar-refractivity contribution in [3.63, 3.8) is 0 Å². The van der Waals surface area contributed by atoms with Gasteiger partial charge >= 0.3 is 0 Å². The van der Waals surface area contributed by atoms with Gasteiger partial charge in [-0.25, -0.2) is 4.31 Å². The molecule has 0 radical (unpaired) electrons.